The van der Waals surface area contributed by atoms with Gasteiger partial charge in [0.25, 0.3) is 0 Å². The van der Waals surface area contributed by atoms with E-state index in [2.05, 4.69) is 93.9 Å². The van der Waals surface area contributed by atoms with Crippen LogP contribution in [0.5, 0.6) is 0 Å². The van der Waals surface area contributed by atoms with Crippen LogP contribution in [-0.4, -0.2) is 23.9 Å². The van der Waals surface area contributed by atoms with Crippen LogP contribution in [0.4, 0.5) is 0 Å². The number of nitrogens with zero attached hydrogens (tertiary/aromatic N) is 5. The molecule has 4 heterocycles. The zero-order valence-electron chi connectivity index (χ0n) is 20.4. The van der Waals surface area contributed by atoms with E-state index in [1.54, 1.807) is 0 Å². The lowest BCUT2D eigenvalue weighted by Crippen LogP contribution is -2.05. The molecule has 0 unspecified atom stereocenters. The second-order valence-corrected chi connectivity index (χ2v) is 9.40. The molecule has 0 N–H and O–H groups in total. The molecule has 0 spiro atoms. The predicted molar refractivity (Wildman–Crippen MR) is 153 cm³/mol. The molecule has 5 nitrogen and oxygen atoms in total. The largest absolute Gasteiger partial charge is 0.285 e. The SMILES string of the molecule is c1ccc(-c2ccc(-c3nc(-n4c5ccccc5c5nc6ccccn6c54)nc4ccccc34)cc2)cc1. The Kier molecular flexibility index (Phi) is 4.45. The van der Waals surface area contributed by atoms with E-state index in [-0.39, 0.29) is 0 Å². The molecular formula is C33H21N5. The van der Waals surface area contributed by atoms with Gasteiger partial charge in [0.05, 0.1) is 16.7 Å². The number of para-hydroxylation sites is 2. The summed E-state index contributed by atoms with van der Waals surface area (Å²) in [6.45, 7) is 0. The summed E-state index contributed by atoms with van der Waals surface area (Å²) < 4.78 is 4.25. The fourth-order valence-corrected chi connectivity index (χ4v) is 5.40. The second-order valence-electron chi connectivity index (χ2n) is 9.40. The van der Waals surface area contributed by atoms with E-state index in [4.69, 9.17) is 15.0 Å². The van der Waals surface area contributed by atoms with Crippen molar-refractivity contribution in [2.45, 2.75) is 0 Å². The van der Waals surface area contributed by atoms with Crippen molar-refractivity contribution in [3.8, 4) is 28.3 Å². The number of hydrogen-bond donors (Lipinski definition) is 0. The van der Waals surface area contributed by atoms with Crippen molar-refractivity contribution in [3.05, 3.63) is 128 Å². The van der Waals surface area contributed by atoms with Gasteiger partial charge in [-0.3, -0.25) is 8.97 Å². The predicted octanol–water partition coefficient (Wildman–Crippen LogP) is 7.71. The standard InChI is InChI=1S/C33H21N5/c1-2-10-22(11-3-1)23-17-19-24(20-18-23)30-25-12-4-6-14-27(25)34-33(36-30)38-28-15-7-5-13-26(28)31-32(38)37-21-9-8-16-29(37)35-31/h1-21H. The molecule has 8 aromatic rings. The van der Waals surface area contributed by atoms with Gasteiger partial charge in [-0.2, -0.15) is 0 Å². The van der Waals surface area contributed by atoms with Crippen LogP contribution in [0.25, 0.3) is 66.9 Å². The number of hydrogen-bond acceptors (Lipinski definition) is 3. The summed E-state index contributed by atoms with van der Waals surface area (Å²) >= 11 is 0. The van der Waals surface area contributed by atoms with Crippen LogP contribution >= 0.6 is 0 Å². The minimum Gasteiger partial charge on any atom is -0.285 e. The van der Waals surface area contributed by atoms with Crippen LogP contribution in [0.3, 0.4) is 0 Å². The summed E-state index contributed by atoms with van der Waals surface area (Å²) in [4.78, 5) is 15.2. The van der Waals surface area contributed by atoms with Gasteiger partial charge in [-0.05, 0) is 35.4 Å². The maximum absolute atomic E-state index is 5.21. The van der Waals surface area contributed by atoms with Gasteiger partial charge in [-0.25, -0.2) is 15.0 Å². The van der Waals surface area contributed by atoms with Gasteiger partial charge in [0.2, 0.25) is 5.95 Å². The first-order valence-electron chi connectivity index (χ1n) is 12.6. The van der Waals surface area contributed by atoms with E-state index in [1.807, 2.05) is 42.6 Å². The van der Waals surface area contributed by atoms with Gasteiger partial charge in [-0.15, -0.1) is 0 Å². The summed E-state index contributed by atoms with van der Waals surface area (Å²) in [6.07, 6.45) is 2.05. The zero-order valence-corrected chi connectivity index (χ0v) is 20.4. The number of aromatic nitrogens is 5. The van der Waals surface area contributed by atoms with Crippen molar-refractivity contribution in [1.29, 1.82) is 0 Å². The Labute approximate surface area is 218 Å². The number of benzene rings is 4. The average Bonchev–Trinajstić information content (AvgIpc) is 3.52. The third-order valence-electron chi connectivity index (χ3n) is 7.17. The number of fused-ring (bicyclic) bond motifs is 6. The lowest BCUT2D eigenvalue weighted by Gasteiger charge is -2.12. The minimum absolute atomic E-state index is 0.627. The first-order chi connectivity index (χ1) is 18.8. The first kappa shape index (κ1) is 20.9. The maximum atomic E-state index is 5.21. The van der Waals surface area contributed by atoms with Crippen molar-refractivity contribution in [2.75, 3.05) is 0 Å². The molecule has 5 heteroatoms. The number of rotatable bonds is 3. The Bertz CT molecular complexity index is 2110. The van der Waals surface area contributed by atoms with E-state index >= 15 is 0 Å². The lowest BCUT2D eigenvalue weighted by molar-refractivity contribution is 0.986. The molecule has 0 atom stereocenters. The summed E-state index contributed by atoms with van der Waals surface area (Å²) in [7, 11) is 0. The summed E-state index contributed by atoms with van der Waals surface area (Å²) in [6, 6.07) is 41.7. The zero-order chi connectivity index (χ0) is 25.1. The highest BCUT2D eigenvalue weighted by Gasteiger charge is 2.20. The van der Waals surface area contributed by atoms with Gasteiger partial charge in [0.15, 0.2) is 5.65 Å². The highest BCUT2D eigenvalue weighted by Crippen LogP contribution is 2.34. The Morgan fingerprint density at radius 2 is 1.18 bits per heavy atom. The molecule has 0 aliphatic heterocycles. The molecule has 0 saturated heterocycles. The molecule has 8 rings (SSSR count). The number of pyridine rings is 1. The van der Waals surface area contributed by atoms with Crippen LogP contribution < -0.4 is 0 Å². The summed E-state index contributed by atoms with van der Waals surface area (Å²) in [5.74, 6) is 0.627. The molecule has 4 aromatic heterocycles. The van der Waals surface area contributed by atoms with Gasteiger partial charge in [0.1, 0.15) is 11.2 Å². The molecule has 0 fully saturated rings. The third kappa shape index (κ3) is 3.09. The molecule has 38 heavy (non-hydrogen) atoms. The number of imidazole rings is 1. The van der Waals surface area contributed by atoms with E-state index < -0.39 is 0 Å². The Hall–Kier alpha value is -5.29. The smallest absolute Gasteiger partial charge is 0.237 e. The highest BCUT2D eigenvalue weighted by atomic mass is 15.2. The van der Waals surface area contributed by atoms with Crippen LogP contribution in [0.1, 0.15) is 0 Å². The van der Waals surface area contributed by atoms with E-state index in [9.17, 15) is 0 Å². The Balaban J connectivity index is 1.41. The summed E-state index contributed by atoms with van der Waals surface area (Å²) in [5.41, 5.74) is 9.07. The topological polar surface area (TPSA) is 48.0 Å². The van der Waals surface area contributed by atoms with Gasteiger partial charge >= 0.3 is 0 Å². The van der Waals surface area contributed by atoms with Gasteiger partial charge < -0.3 is 0 Å². The average molecular weight is 488 g/mol. The maximum Gasteiger partial charge on any atom is 0.237 e. The fourth-order valence-electron chi connectivity index (χ4n) is 5.40. The monoisotopic (exact) mass is 487 g/mol. The Morgan fingerprint density at radius 1 is 0.500 bits per heavy atom. The first-order valence-corrected chi connectivity index (χ1v) is 12.6. The quantitative estimate of drug-likeness (QED) is 0.256. The molecule has 0 saturated carbocycles. The highest BCUT2D eigenvalue weighted by molar-refractivity contribution is 6.07. The third-order valence-corrected chi connectivity index (χ3v) is 7.17. The Morgan fingerprint density at radius 3 is 2.05 bits per heavy atom. The summed E-state index contributed by atoms with van der Waals surface area (Å²) in [5, 5.41) is 2.10. The molecule has 0 aliphatic carbocycles. The minimum atomic E-state index is 0.627. The van der Waals surface area contributed by atoms with Crippen LogP contribution in [-0.2, 0) is 0 Å². The molecule has 4 aromatic carbocycles. The van der Waals surface area contributed by atoms with Crippen molar-refractivity contribution in [2.24, 2.45) is 0 Å². The molecular weight excluding hydrogens is 466 g/mol. The van der Waals surface area contributed by atoms with Crippen LogP contribution in [0.2, 0.25) is 0 Å². The van der Waals surface area contributed by atoms with E-state index in [0.29, 0.717) is 5.95 Å². The van der Waals surface area contributed by atoms with Crippen molar-refractivity contribution in [3.63, 3.8) is 0 Å². The molecule has 178 valence electrons. The molecule has 0 aliphatic rings. The normalized spacial score (nSPS) is 11.7. The van der Waals surface area contributed by atoms with Crippen molar-refractivity contribution in [1.82, 2.24) is 23.9 Å². The van der Waals surface area contributed by atoms with Crippen LogP contribution in [0.15, 0.2) is 128 Å². The van der Waals surface area contributed by atoms with E-state index in [0.717, 1.165) is 49.9 Å². The van der Waals surface area contributed by atoms with E-state index in [1.165, 1.54) is 11.1 Å². The molecule has 0 radical (unpaired) electrons. The lowest BCUT2D eigenvalue weighted by atomic mass is 10.0. The van der Waals surface area contributed by atoms with Crippen molar-refractivity contribution < 1.29 is 0 Å². The van der Waals surface area contributed by atoms with Gasteiger partial charge in [-0.1, -0.05) is 97.1 Å². The van der Waals surface area contributed by atoms with Crippen molar-refractivity contribution >= 4 is 38.6 Å². The van der Waals surface area contributed by atoms with Gasteiger partial charge in [0, 0.05) is 22.5 Å². The molecule has 0 amide bonds. The van der Waals surface area contributed by atoms with Crippen LogP contribution in [0, 0.1) is 0 Å². The fraction of sp³-hybridized carbons (Fsp3) is 0. The second kappa shape index (κ2) is 8.11. The molecule has 0 bridgehead atoms.